The smallest absolute Gasteiger partial charge is 0.263 e. The number of carbonyl (C=O) groups excluding carboxylic acids is 1. The van der Waals surface area contributed by atoms with Gasteiger partial charge in [0.15, 0.2) is 0 Å². The molecule has 1 aliphatic carbocycles. The average molecular weight is 452 g/mol. The van der Waals surface area contributed by atoms with Gasteiger partial charge >= 0.3 is 0 Å². The highest BCUT2D eigenvalue weighted by Crippen LogP contribution is 2.24. The van der Waals surface area contributed by atoms with Gasteiger partial charge in [-0.1, -0.05) is 44.9 Å². The van der Waals surface area contributed by atoms with E-state index >= 15 is 0 Å². The molecule has 0 aromatic heterocycles. The fraction of sp³-hybridized carbons (Fsp3) is 0.652. The monoisotopic (exact) mass is 451 g/mol. The van der Waals surface area contributed by atoms with Gasteiger partial charge in [0.2, 0.25) is 10.0 Å². The van der Waals surface area contributed by atoms with Crippen LogP contribution in [-0.2, 0) is 14.8 Å². The molecule has 1 aromatic rings. The lowest BCUT2D eigenvalue weighted by Crippen LogP contribution is -2.46. The summed E-state index contributed by atoms with van der Waals surface area (Å²) in [5, 5.41) is 4.39. The van der Waals surface area contributed by atoms with Crippen LogP contribution in [0.1, 0.15) is 77.6 Å². The number of anilines is 1. The Bertz CT molecular complexity index is 808. The number of nitrogens with one attached hydrogen (secondary N) is 1. The van der Waals surface area contributed by atoms with Gasteiger partial charge in [-0.2, -0.15) is 5.10 Å². The Balaban J connectivity index is 2.08. The Morgan fingerprint density at radius 2 is 1.45 bits per heavy atom. The van der Waals surface area contributed by atoms with Crippen molar-refractivity contribution in [2.45, 2.75) is 83.6 Å². The number of benzene rings is 1. The molecule has 1 aliphatic rings. The van der Waals surface area contributed by atoms with E-state index in [0.29, 0.717) is 11.4 Å². The lowest BCUT2D eigenvalue weighted by atomic mass is 10.00. The molecular weight excluding hydrogens is 414 g/mol. The molecule has 1 amide bonds. The first-order valence-electron chi connectivity index (χ1n) is 11.3. The summed E-state index contributed by atoms with van der Waals surface area (Å²) in [6.07, 6.45) is 13.8. The minimum absolute atomic E-state index is 0.407. The Morgan fingerprint density at radius 1 is 0.968 bits per heavy atom. The third kappa shape index (κ3) is 8.51. The Morgan fingerprint density at radius 3 is 1.90 bits per heavy atom. The van der Waals surface area contributed by atoms with Gasteiger partial charge in [-0.05, 0) is 56.9 Å². The van der Waals surface area contributed by atoms with Gasteiger partial charge in [0, 0.05) is 5.71 Å². The number of ether oxygens (including phenoxy) is 1. The molecule has 0 bridgehead atoms. The third-order valence-electron chi connectivity index (χ3n) is 5.67. The van der Waals surface area contributed by atoms with Crippen LogP contribution in [0.25, 0.3) is 0 Å². The summed E-state index contributed by atoms with van der Waals surface area (Å²) < 4.78 is 31.1. The zero-order chi connectivity index (χ0) is 22.7. The summed E-state index contributed by atoms with van der Waals surface area (Å²) in [4.78, 5) is 12.8. The highest BCUT2D eigenvalue weighted by molar-refractivity contribution is 7.92. The Hall–Kier alpha value is -2.09. The molecule has 0 saturated heterocycles. The van der Waals surface area contributed by atoms with Crippen LogP contribution in [0.5, 0.6) is 5.75 Å². The van der Waals surface area contributed by atoms with E-state index < -0.39 is 22.0 Å². The van der Waals surface area contributed by atoms with Crippen molar-refractivity contribution in [2.24, 2.45) is 5.10 Å². The van der Waals surface area contributed by atoms with E-state index in [1.54, 1.807) is 38.3 Å². The number of rotatable bonds is 6. The van der Waals surface area contributed by atoms with Crippen molar-refractivity contribution < 1.29 is 17.9 Å². The molecule has 7 nitrogen and oxygen atoms in total. The van der Waals surface area contributed by atoms with Gasteiger partial charge in [-0.15, -0.1) is 0 Å². The van der Waals surface area contributed by atoms with Crippen LogP contribution in [0.2, 0.25) is 0 Å². The zero-order valence-electron chi connectivity index (χ0n) is 19.1. The number of hydrogen-bond acceptors (Lipinski definition) is 5. The van der Waals surface area contributed by atoms with Crippen molar-refractivity contribution in [3.8, 4) is 5.75 Å². The maximum atomic E-state index is 12.8. The summed E-state index contributed by atoms with van der Waals surface area (Å²) in [6, 6.07) is 5.66. The van der Waals surface area contributed by atoms with Gasteiger partial charge in [0.1, 0.15) is 11.8 Å². The molecule has 1 fully saturated rings. The summed E-state index contributed by atoms with van der Waals surface area (Å²) in [6.45, 7) is 1.57. The quantitative estimate of drug-likeness (QED) is 0.639. The standard InChI is InChI=1S/C23H37N3O4S/c1-19(26(31(3,28)29)21-15-17-22(30-2)18-16-21)23(27)25-24-20-13-11-9-7-5-4-6-8-10-12-14-20/h15-19H,4-14H2,1-3H3,(H,25,27)/t19-/m1/s1. The fourth-order valence-electron chi connectivity index (χ4n) is 3.90. The van der Waals surface area contributed by atoms with Crippen molar-refractivity contribution in [2.75, 3.05) is 17.7 Å². The van der Waals surface area contributed by atoms with Crippen LogP contribution >= 0.6 is 0 Å². The van der Waals surface area contributed by atoms with Crippen molar-refractivity contribution in [1.82, 2.24) is 5.43 Å². The largest absolute Gasteiger partial charge is 0.497 e. The number of nitrogens with zero attached hydrogens (tertiary/aromatic N) is 2. The molecule has 0 heterocycles. The van der Waals surface area contributed by atoms with E-state index in [1.165, 1.54) is 44.9 Å². The summed E-state index contributed by atoms with van der Waals surface area (Å²) >= 11 is 0. The molecule has 31 heavy (non-hydrogen) atoms. The molecule has 8 heteroatoms. The number of hydrazone groups is 1. The Kier molecular flexibility index (Phi) is 10.3. The zero-order valence-corrected chi connectivity index (χ0v) is 19.9. The maximum Gasteiger partial charge on any atom is 0.263 e. The molecule has 0 spiro atoms. The number of sulfonamides is 1. The van der Waals surface area contributed by atoms with Crippen molar-refractivity contribution in [3.63, 3.8) is 0 Å². The second-order valence-electron chi connectivity index (χ2n) is 8.27. The number of amides is 1. The van der Waals surface area contributed by atoms with E-state index in [1.807, 2.05) is 0 Å². The van der Waals surface area contributed by atoms with Gasteiger partial charge < -0.3 is 4.74 Å². The number of hydrogen-bond donors (Lipinski definition) is 1. The summed E-state index contributed by atoms with van der Waals surface area (Å²) in [5.41, 5.74) is 4.03. The van der Waals surface area contributed by atoms with Crippen LogP contribution in [0.4, 0.5) is 5.69 Å². The van der Waals surface area contributed by atoms with E-state index in [2.05, 4.69) is 10.5 Å². The molecule has 1 N–H and O–H groups in total. The first-order valence-corrected chi connectivity index (χ1v) is 13.2. The molecule has 174 valence electrons. The lowest BCUT2D eigenvalue weighted by molar-refractivity contribution is -0.121. The van der Waals surface area contributed by atoms with E-state index in [-0.39, 0.29) is 0 Å². The fourth-order valence-corrected chi connectivity index (χ4v) is 5.07. The molecule has 1 atom stereocenters. The normalized spacial score (nSPS) is 17.6. The van der Waals surface area contributed by atoms with Gasteiger partial charge in [-0.3, -0.25) is 9.10 Å². The third-order valence-corrected chi connectivity index (χ3v) is 6.91. The van der Waals surface area contributed by atoms with Crippen LogP contribution in [0.3, 0.4) is 0 Å². The summed E-state index contributed by atoms with van der Waals surface area (Å²) in [7, 11) is -2.13. The molecule has 2 rings (SSSR count). The second kappa shape index (κ2) is 12.7. The van der Waals surface area contributed by atoms with Crippen molar-refractivity contribution >= 4 is 27.3 Å². The lowest BCUT2D eigenvalue weighted by Gasteiger charge is -2.27. The first kappa shape index (κ1) is 25.2. The van der Waals surface area contributed by atoms with E-state index in [9.17, 15) is 13.2 Å². The predicted molar refractivity (Wildman–Crippen MR) is 126 cm³/mol. The van der Waals surface area contributed by atoms with Gasteiger partial charge in [0.05, 0.1) is 19.1 Å². The van der Waals surface area contributed by atoms with Crippen LogP contribution in [-0.4, -0.2) is 39.4 Å². The highest BCUT2D eigenvalue weighted by Gasteiger charge is 2.29. The maximum absolute atomic E-state index is 12.8. The first-order chi connectivity index (χ1) is 14.8. The van der Waals surface area contributed by atoms with Gasteiger partial charge in [-0.25, -0.2) is 13.8 Å². The SMILES string of the molecule is COc1ccc(N([C@H](C)C(=O)NN=C2CCCCCCCCCCC2)S(C)(=O)=O)cc1. The summed E-state index contributed by atoms with van der Waals surface area (Å²) in [5.74, 6) is 0.170. The van der Waals surface area contributed by atoms with Crippen LogP contribution in [0.15, 0.2) is 29.4 Å². The molecule has 0 unspecified atom stereocenters. The van der Waals surface area contributed by atoms with Crippen molar-refractivity contribution in [3.05, 3.63) is 24.3 Å². The number of carbonyl (C=O) groups is 1. The van der Waals surface area contributed by atoms with Crippen molar-refractivity contribution in [1.29, 1.82) is 0 Å². The molecular formula is C23H37N3O4S. The highest BCUT2D eigenvalue weighted by atomic mass is 32.2. The molecule has 0 aliphatic heterocycles. The molecule has 0 radical (unpaired) electrons. The van der Waals surface area contributed by atoms with E-state index in [4.69, 9.17) is 4.74 Å². The second-order valence-corrected chi connectivity index (χ2v) is 10.1. The average Bonchev–Trinajstić information content (AvgIpc) is 2.72. The van der Waals surface area contributed by atoms with Crippen LogP contribution in [0, 0.1) is 0 Å². The topological polar surface area (TPSA) is 88.1 Å². The number of methoxy groups -OCH3 is 1. The molecule has 1 aromatic carbocycles. The predicted octanol–water partition coefficient (Wildman–Crippen LogP) is 4.63. The Labute approximate surface area is 187 Å². The molecule has 1 saturated carbocycles. The van der Waals surface area contributed by atoms with E-state index in [0.717, 1.165) is 42.0 Å². The van der Waals surface area contributed by atoms with Crippen LogP contribution < -0.4 is 14.5 Å². The minimum atomic E-state index is -3.67. The minimum Gasteiger partial charge on any atom is -0.497 e. The van der Waals surface area contributed by atoms with Gasteiger partial charge in [0.25, 0.3) is 5.91 Å².